The molecule has 0 aliphatic rings. The van der Waals surface area contributed by atoms with Crippen molar-refractivity contribution in [2.24, 2.45) is 0 Å². The van der Waals surface area contributed by atoms with Crippen LogP contribution < -0.4 is 0 Å². The number of carbonyl (C=O) groups is 1. The van der Waals surface area contributed by atoms with Crippen LogP contribution in [0.5, 0.6) is 0 Å². The number of benzene rings is 1. The number of halogens is 4. The quantitative estimate of drug-likeness (QED) is 0.681. The normalized spacial score (nSPS) is 10.6. The molecule has 102 valence electrons. The van der Waals surface area contributed by atoms with Gasteiger partial charge < -0.3 is 0 Å². The highest BCUT2D eigenvalue weighted by atomic mass is 35.5. The number of rotatable bonds is 3. The van der Waals surface area contributed by atoms with E-state index in [1.54, 1.807) is 6.92 Å². The summed E-state index contributed by atoms with van der Waals surface area (Å²) in [6, 6.07) is 3.35. The van der Waals surface area contributed by atoms with Gasteiger partial charge in [0.1, 0.15) is 0 Å². The molecule has 0 atom stereocenters. The molecule has 0 spiro atoms. The van der Waals surface area contributed by atoms with E-state index in [0.29, 0.717) is 6.42 Å². The first-order chi connectivity index (χ1) is 8.38. The third kappa shape index (κ3) is 4.33. The molecule has 0 radical (unpaired) electrons. The summed E-state index contributed by atoms with van der Waals surface area (Å²) in [6.07, 6.45) is -4.00. The van der Waals surface area contributed by atoms with E-state index in [2.05, 4.69) is 0 Å². The van der Waals surface area contributed by atoms with E-state index in [0.717, 1.165) is 6.07 Å². The monoisotopic (exact) mass is 280 g/mol. The van der Waals surface area contributed by atoms with Gasteiger partial charge in [0.25, 0.3) is 0 Å². The Hall–Kier alpha value is -1.03. The molecule has 0 bridgehead atoms. The van der Waals surface area contributed by atoms with Crippen molar-refractivity contribution in [1.29, 1.82) is 0 Å². The molecule has 0 heterocycles. The predicted octanol–water partition coefficient (Wildman–Crippen LogP) is 5.37. The second kappa shape index (κ2) is 7.41. The van der Waals surface area contributed by atoms with Crippen molar-refractivity contribution in [2.75, 3.05) is 0 Å². The summed E-state index contributed by atoms with van der Waals surface area (Å²) < 4.78 is 37.9. The van der Waals surface area contributed by atoms with Gasteiger partial charge in [0, 0.05) is 12.0 Å². The highest BCUT2D eigenvalue weighted by Crippen LogP contribution is 2.35. The van der Waals surface area contributed by atoms with Gasteiger partial charge in [-0.15, -0.1) is 0 Å². The van der Waals surface area contributed by atoms with E-state index in [9.17, 15) is 18.0 Å². The van der Waals surface area contributed by atoms with Gasteiger partial charge in [-0.2, -0.15) is 13.2 Å². The number of Topliss-reactive ketones (excluding diaryl/α,β-unsaturated/α-hetero) is 1. The summed E-state index contributed by atoms with van der Waals surface area (Å²) >= 11 is 5.65. The predicted molar refractivity (Wildman–Crippen MR) is 67.0 cm³/mol. The third-order valence-electron chi connectivity index (χ3n) is 2.07. The Balaban J connectivity index is 0.00000137. The SMILES string of the molecule is CC.CCCC(=O)c1c(Cl)cccc1C(F)(F)F. The third-order valence-corrected chi connectivity index (χ3v) is 2.39. The Morgan fingerprint density at radius 2 is 1.83 bits per heavy atom. The highest BCUT2D eigenvalue weighted by Gasteiger charge is 2.35. The Bertz CT molecular complexity index is 400. The van der Waals surface area contributed by atoms with Gasteiger partial charge >= 0.3 is 6.18 Å². The van der Waals surface area contributed by atoms with Crippen LogP contribution in [0.25, 0.3) is 0 Å². The summed E-state index contributed by atoms with van der Waals surface area (Å²) in [6.45, 7) is 5.72. The second-order valence-electron chi connectivity index (χ2n) is 3.33. The number of carbonyl (C=O) groups excluding carboxylic acids is 1. The zero-order chi connectivity index (χ0) is 14.3. The minimum atomic E-state index is -4.55. The van der Waals surface area contributed by atoms with Crippen molar-refractivity contribution >= 4 is 17.4 Å². The van der Waals surface area contributed by atoms with Crippen LogP contribution in [0.15, 0.2) is 18.2 Å². The molecule has 0 fully saturated rings. The summed E-state index contributed by atoms with van der Waals surface area (Å²) in [5.74, 6) is -0.569. The first kappa shape index (κ1) is 17.0. The Labute approximate surface area is 110 Å². The number of alkyl halides is 3. The Kier molecular flexibility index (Phi) is 6.99. The maximum atomic E-state index is 12.6. The van der Waals surface area contributed by atoms with Crippen molar-refractivity contribution in [3.63, 3.8) is 0 Å². The molecule has 0 unspecified atom stereocenters. The van der Waals surface area contributed by atoms with Crippen LogP contribution in [0.3, 0.4) is 0 Å². The van der Waals surface area contributed by atoms with Crippen LogP contribution in [-0.4, -0.2) is 5.78 Å². The number of hydrogen-bond acceptors (Lipinski definition) is 1. The molecule has 1 aromatic carbocycles. The molecule has 0 aliphatic carbocycles. The molecule has 5 heteroatoms. The Morgan fingerprint density at radius 1 is 1.28 bits per heavy atom. The lowest BCUT2D eigenvalue weighted by Crippen LogP contribution is -2.13. The summed E-state index contributed by atoms with van der Waals surface area (Å²) in [7, 11) is 0. The van der Waals surface area contributed by atoms with Gasteiger partial charge in [-0.25, -0.2) is 0 Å². The van der Waals surface area contributed by atoms with Crippen molar-refractivity contribution in [3.8, 4) is 0 Å². The van der Waals surface area contributed by atoms with Crippen LogP contribution in [0.1, 0.15) is 49.5 Å². The van der Waals surface area contributed by atoms with E-state index < -0.39 is 23.1 Å². The van der Waals surface area contributed by atoms with Crippen molar-refractivity contribution in [3.05, 3.63) is 34.3 Å². The molecule has 0 amide bonds. The lowest BCUT2D eigenvalue weighted by molar-refractivity contribution is -0.137. The second-order valence-corrected chi connectivity index (χ2v) is 3.74. The van der Waals surface area contributed by atoms with Crippen LogP contribution in [0.4, 0.5) is 13.2 Å². The minimum absolute atomic E-state index is 0.0623. The van der Waals surface area contributed by atoms with Crippen molar-refractivity contribution < 1.29 is 18.0 Å². The average Bonchev–Trinajstić information content (AvgIpc) is 2.30. The lowest BCUT2D eigenvalue weighted by Gasteiger charge is -2.12. The van der Waals surface area contributed by atoms with Crippen LogP contribution in [0.2, 0.25) is 5.02 Å². The van der Waals surface area contributed by atoms with Gasteiger partial charge in [-0.3, -0.25) is 4.79 Å². The first-order valence-corrected chi connectivity index (χ1v) is 6.14. The van der Waals surface area contributed by atoms with Gasteiger partial charge in [-0.1, -0.05) is 38.4 Å². The molecular weight excluding hydrogens is 265 g/mol. The topological polar surface area (TPSA) is 17.1 Å². The molecule has 0 saturated carbocycles. The van der Waals surface area contributed by atoms with Crippen molar-refractivity contribution in [2.45, 2.75) is 39.8 Å². The van der Waals surface area contributed by atoms with E-state index in [1.807, 2.05) is 13.8 Å². The first-order valence-electron chi connectivity index (χ1n) is 5.76. The number of hydrogen-bond donors (Lipinski definition) is 0. The molecule has 0 aromatic heterocycles. The van der Waals surface area contributed by atoms with E-state index in [-0.39, 0.29) is 11.4 Å². The fraction of sp³-hybridized carbons (Fsp3) is 0.462. The van der Waals surface area contributed by atoms with Crippen LogP contribution >= 0.6 is 11.6 Å². The Morgan fingerprint density at radius 3 is 2.28 bits per heavy atom. The molecule has 18 heavy (non-hydrogen) atoms. The molecule has 1 aromatic rings. The van der Waals surface area contributed by atoms with E-state index in [4.69, 9.17) is 11.6 Å². The molecule has 1 nitrogen and oxygen atoms in total. The fourth-order valence-corrected chi connectivity index (χ4v) is 1.68. The van der Waals surface area contributed by atoms with Crippen molar-refractivity contribution in [1.82, 2.24) is 0 Å². The zero-order valence-electron chi connectivity index (χ0n) is 10.6. The van der Waals surface area contributed by atoms with E-state index >= 15 is 0 Å². The largest absolute Gasteiger partial charge is 0.417 e. The van der Waals surface area contributed by atoms with Gasteiger partial charge in [0.05, 0.1) is 10.6 Å². The maximum Gasteiger partial charge on any atom is 0.417 e. The molecule has 0 N–H and O–H groups in total. The fourth-order valence-electron chi connectivity index (χ4n) is 1.40. The van der Waals surface area contributed by atoms with Gasteiger partial charge in [0.2, 0.25) is 0 Å². The molecule has 0 saturated heterocycles. The van der Waals surface area contributed by atoms with Gasteiger partial charge in [0.15, 0.2) is 5.78 Å². The zero-order valence-corrected chi connectivity index (χ0v) is 11.3. The van der Waals surface area contributed by atoms with Gasteiger partial charge in [-0.05, 0) is 18.6 Å². The van der Waals surface area contributed by atoms with E-state index in [1.165, 1.54) is 12.1 Å². The van der Waals surface area contributed by atoms with Crippen LogP contribution in [0, 0.1) is 0 Å². The number of ketones is 1. The molecule has 1 rings (SSSR count). The average molecular weight is 281 g/mol. The highest BCUT2D eigenvalue weighted by molar-refractivity contribution is 6.34. The smallest absolute Gasteiger partial charge is 0.294 e. The maximum absolute atomic E-state index is 12.6. The molecular formula is C13H16ClF3O. The summed E-state index contributed by atoms with van der Waals surface area (Å²) in [5, 5.41) is -0.145. The summed E-state index contributed by atoms with van der Waals surface area (Å²) in [5.41, 5.74) is -1.38. The minimum Gasteiger partial charge on any atom is -0.294 e. The van der Waals surface area contributed by atoms with Crippen LogP contribution in [-0.2, 0) is 6.18 Å². The standard InChI is InChI=1S/C11H10ClF3O.C2H6/c1-2-4-9(16)10-7(11(13,14)15)5-3-6-8(10)12;1-2/h3,5-6H,2,4H2,1H3;1-2H3. The summed E-state index contributed by atoms with van der Waals surface area (Å²) in [4.78, 5) is 11.5. The molecule has 0 aliphatic heterocycles. The lowest BCUT2D eigenvalue weighted by atomic mass is 10.0.